The third kappa shape index (κ3) is 10.0. The molecule has 0 aromatic heterocycles. The molecule has 0 saturated heterocycles. The maximum Gasteiger partial charge on any atom is 0.126 e. The van der Waals surface area contributed by atoms with Crippen LogP contribution >= 0.6 is 0 Å². The van der Waals surface area contributed by atoms with Gasteiger partial charge in [-0.3, -0.25) is 0 Å². The van der Waals surface area contributed by atoms with E-state index in [9.17, 15) is 0 Å². The van der Waals surface area contributed by atoms with Gasteiger partial charge in [-0.25, -0.2) is 0 Å². The lowest BCUT2D eigenvalue weighted by atomic mass is 9.84. The van der Waals surface area contributed by atoms with Gasteiger partial charge in [-0.05, 0) is 92.0 Å². The molecule has 0 N–H and O–H groups in total. The van der Waals surface area contributed by atoms with E-state index in [2.05, 4.69) is 76.2 Å². The summed E-state index contributed by atoms with van der Waals surface area (Å²) in [5, 5.41) is 0. The van der Waals surface area contributed by atoms with E-state index in [-0.39, 0.29) is 0 Å². The second-order valence-corrected chi connectivity index (χ2v) is 12.0. The normalized spacial score (nSPS) is 17.3. The predicted molar refractivity (Wildman–Crippen MR) is 149 cm³/mol. The van der Waals surface area contributed by atoms with Gasteiger partial charge in [0.05, 0.1) is 6.10 Å². The Morgan fingerprint density at radius 2 is 1.30 bits per heavy atom. The van der Waals surface area contributed by atoms with Gasteiger partial charge in [-0.1, -0.05) is 99.8 Å². The van der Waals surface area contributed by atoms with E-state index < -0.39 is 0 Å². The Hall–Kier alpha value is -0.980. The van der Waals surface area contributed by atoms with Crippen LogP contribution < -0.4 is 4.74 Å². The molecule has 192 valence electrons. The molecular weight excluding hydrogens is 400 g/mol. The van der Waals surface area contributed by atoms with Gasteiger partial charge >= 0.3 is 0 Å². The first kappa shape index (κ1) is 30.1. The zero-order valence-electron chi connectivity index (χ0n) is 24.4. The average Bonchev–Trinajstić information content (AvgIpc) is 2.72. The van der Waals surface area contributed by atoms with Crippen molar-refractivity contribution in [1.82, 2.24) is 0 Å². The molecule has 1 nitrogen and oxygen atoms in total. The maximum atomic E-state index is 6.06. The molecular formula is C32H58O. The number of rotatable bonds is 11. The van der Waals surface area contributed by atoms with E-state index >= 15 is 0 Å². The first-order valence-corrected chi connectivity index (χ1v) is 14.3. The summed E-state index contributed by atoms with van der Waals surface area (Å²) in [6, 6.07) is 0. The lowest BCUT2D eigenvalue weighted by molar-refractivity contribution is 0.190. The van der Waals surface area contributed by atoms with Gasteiger partial charge in [-0.15, -0.1) is 0 Å². The van der Waals surface area contributed by atoms with Crippen LogP contribution in [-0.2, 0) is 6.42 Å². The number of ether oxygens (including phenoxy) is 1. The van der Waals surface area contributed by atoms with Gasteiger partial charge in [0.2, 0.25) is 0 Å². The number of benzene rings is 1. The minimum absolute atomic E-state index is 0.366. The third-order valence-electron chi connectivity index (χ3n) is 7.79. The molecule has 1 aliphatic rings. The van der Waals surface area contributed by atoms with Crippen molar-refractivity contribution in [3.63, 3.8) is 0 Å². The second-order valence-electron chi connectivity index (χ2n) is 12.0. The average molecular weight is 459 g/mol. The van der Waals surface area contributed by atoms with Crippen LogP contribution in [0, 0.1) is 38.5 Å². The van der Waals surface area contributed by atoms with Gasteiger partial charge in [0.1, 0.15) is 5.75 Å². The summed E-state index contributed by atoms with van der Waals surface area (Å²) >= 11 is 0. The zero-order valence-corrected chi connectivity index (χ0v) is 24.4. The van der Waals surface area contributed by atoms with Crippen LogP contribution in [0.3, 0.4) is 0 Å². The van der Waals surface area contributed by atoms with Gasteiger partial charge in [-0.2, -0.15) is 0 Å². The highest BCUT2D eigenvalue weighted by Crippen LogP contribution is 2.40. The lowest BCUT2D eigenvalue weighted by Crippen LogP contribution is -2.22. The summed E-state index contributed by atoms with van der Waals surface area (Å²) in [6.45, 7) is 25.2. The van der Waals surface area contributed by atoms with Crippen molar-refractivity contribution in [3.05, 3.63) is 27.8 Å². The smallest absolute Gasteiger partial charge is 0.126 e. The van der Waals surface area contributed by atoms with Crippen LogP contribution in [0.25, 0.3) is 0 Å². The van der Waals surface area contributed by atoms with Gasteiger partial charge in [0.15, 0.2) is 0 Å². The highest BCUT2D eigenvalue weighted by molar-refractivity contribution is 5.56. The van der Waals surface area contributed by atoms with Crippen LogP contribution in [0.4, 0.5) is 0 Å². The highest BCUT2D eigenvalue weighted by atomic mass is 16.5. The molecule has 0 fully saturated rings. The summed E-state index contributed by atoms with van der Waals surface area (Å²) in [4.78, 5) is 0. The highest BCUT2D eigenvalue weighted by Gasteiger charge is 2.24. The zero-order chi connectivity index (χ0) is 25.1. The molecule has 1 aliphatic heterocycles. The Balaban J connectivity index is 0.000000331. The van der Waals surface area contributed by atoms with Crippen molar-refractivity contribution < 1.29 is 4.74 Å². The van der Waals surface area contributed by atoms with Crippen LogP contribution in [0.5, 0.6) is 5.75 Å². The molecule has 3 atom stereocenters. The topological polar surface area (TPSA) is 9.23 Å². The molecule has 3 unspecified atom stereocenters. The largest absolute Gasteiger partial charge is 0.490 e. The van der Waals surface area contributed by atoms with Crippen molar-refractivity contribution in [3.8, 4) is 5.75 Å². The SMILES string of the molecule is CCCC(C)CCCC(C)CCCC(C)C.Cc1c(C)c(C(C)C)c(C)c2c1OC(C)CC2. The van der Waals surface area contributed by atoms with Crippen molar-refractivity contribution >= 4 is 0 Å². The molecule has 0 radical (unpaired) electrons. The molecule has 0 aliphatic carbocycles. The third-order valence-corrected chi connectivity index (χ3v) is 7.79. The standard InChI is InChI=1S/C16H24O.C16H34/c1-9(2)15-11(4)12(5)16-14(13(15)6)8-7-10(3)17-16;1-6-9-15(4)12-8-13-16(5)11-7-10-14(2)3/h9-10H,7-8H2,1-6H3;14-16H,6-13H2,1-5H3. The summed E-state index contributed by atoms with van der Waals surface area (Å²) in [6.07, 6.45) is 14.1. The number of hydrogen-bond acceptors (Lipinski definition) is 1. The van der Waals surface area contributed by atoms with Crippen LogP contribution in [0.1, 0.15) is 147 Å². The number of hydrogen-bond donors (Lipinski definition) is 0. The molecule has 1 heterocycles. The van der Waals surface area contributed by atoms with Gasteiger partial charge < -0.3 is 4.74 Å². The fourth-order valence-corrected chi connectivity index (χ4v) is 5.62. The fraction of sp³-hybridized carbons (Fsp3) is 0.812. The number of fused-ring (bicyclic) bond motifs is 1. The molecule has 0 amide bonds. The monoisotopic (exact) mass is 458 g/mol. The van der Waals surface area contributed by atoms with E-state index in [0.717, 1.165) is 24.2 Å². The Bertz CT molecular complexity index is 684. The summed E-state index contributed by atoms with van der Waals surface area (Å²) < 4.78 is 6.06. The predicted octanol–water partition coefficient (Wildman–Crippen LogP) is 10.5. The molecule has 2 rings (SSSR count). The molecule has 1 heteroatoms. The minimum Gasteiger partial charge on any atom is -0.490 e. The van der Waals surface area contributed by atoms with E-state index in [4.69, 9.17) is 4.74 Å². The summed E-state index contributed by atoms with van der Waals surface area (Å²) in [5.74, 6) is 4.55. The maximum absolute atomic E-state index is 6.06. The Morgan fingerprint density at radius 1 is 0.758 bits per heavy atom. The molecule has 0 saturated carbocycles. The lowest BCUT2D eigenvalue weighted by Gasteiger charge is -2.30. The molecule has 1 aromatic rings. The van der Waals surface area contributed by atoms with Crippen LogP contribution in [0.2, 0.25) is 0 Å². The first-order valence-electron chi connectivity index (χ1n) is 14.3. The Kier molecular flexibility index (Phi) is 13.8. The summed E-state index contributed by atoms with van der Waals surface area (Å²) in [5.41, 5.74) is 7.21. The summed E-state index contributed by atoms with van der Waals surface area (Å²) in [7, 11) is 0. The quantitative estimate of drug-likeness (QED) is 0.320. The van der Waals surface area contributed by atoms with Crippen LogP contribution in [0.15, 0.2) is 0 Å². The van der Waals surface area contributed by atoms with Crippen molar-refractivity contribution in [2.24, 2.45) is 17.8 Å². The van der Waals surface area contributed by atoms with Gasteiger partial charge in [0.25, 0.3) is 0 Å². The molecule has 0 spiro atoms. The van der Waals surface area contributed by atoms with E-state index in [0.29, 0.717) is 12.0 Å². The fourth-order valence-electron chi connectivity index (χ4n) is 5.62. The van der Waals surface area contributed by atoms with Gasteiger partial charge in [0, 0.05) is 0 Å². The van der Waals surface area contributed by atoms with Crippen molar-refractivity contribution in [1.29, 1.82) is 0 Å². The Labute approximate surface area is 208 Å². The Morgan fingerprint density at radius 3 is 1.82 bits per heavy atom. The van der Waals surface area contributed by atoms with Crippen molar-refractivity contribution in [2.75, 3.05) is 0 Å². The molecule has 1 aromatic carbocycles. The van der Waals surface area contributed by atoms with E-state index in [1.54, 1.807) is 0 Å². The first-order chi connectivity index (χ1) is 15.5. The van der Waals surface area contributed by atoms with E-state index in [1.165, 1.54) is 91.4 Å². The molecule has 0 bridgehead atoms. The minimum atomic E-state index is 0.366. The molecule has 33 heavy (non-hydrogen) atoms. The van der Waals surface area contributed by atoms with Crippen molar-refractivity contribution in [2.45, 2.75) is 152 Å². The second kappa shape index (κ2) is 15.1. The van der Waals surface area contributed by atoms with E-state index in [1.807, 2.05) is 0 Å². The van der Waals surface area contributed by atoms with Crippen LogP contribution in [-0.4, -0.2) is 6.10 Å².